The van der Waals surface area contributed by atoms with Crippen molar-refractivity contribution in [1.82, 2.24) is 4.57 Å². The van der Waals surface area contributed by atoms with Crippen LogP contribution in [0.5, 0.6) is 5.75 Å². The van der Waals surface area contributed by atoms with Gasteiger partial charge >= 0.3 is 0 Å². The Morgan fingerprint density at radius 1 is 1.11 bits per heavy atom. The molecule has 0 fully saturated rings. The first-order valence-electron chi connectivity index (χ1n) is 7.47. The minimum absolute atomic E-state index is 0.221. The standard InChI is InChI=1S/C17H25NO/c1-4-5-6-7-12-18-13-11-15-16(18)9-8-10-17(15)19-14(2)3/h8-11,13-14H,4-7,12H2,1-3H3. The minimum atomic E-state index is 0.221. The molecule has 0 radical (unpaired) electrons. The molecule has 0 saturated heterocycles. The Morgan fingerprint density at radius 3 is 2.68 bits per heavy atom. The first-order chi connectivity index (χ1) is 9.22. The molecule has 0 N–H and O–H groups in total. The number of hydrogen-bond acceptors (Lipinski definition) is 1. The summed E-state index contributed by atoms with van der Waals surface area (Å²) in [6.45, 7) is 7.50. The van der Waals surface area contributed by atoms with Crippen molar-refractivity contribution >= 4 is 10.9 Å². The van der Waals surface area contributed by atoms with Gasteiger partial charge in [-0.05, 0) is 38.5 Å². The third-order valence-electron chi connectivity index (χ3n) is 3.39. The second kappa shape index (κ2) is 6.65. The van der Waals surface area contributed by atoms with E-state index in [0.29, 0.717) is 0 Å². The summed E-state index contributed by atoms with van der Waals surface area (Å²) < 4.78 is 8.22. The first kappa shape index (κ1) is 14.0. The SMILES string of the molecule is CCCCCCn1ccc2c(OC(C)C)cccc21. The van der Waals surface area contributed by atoms with E-state index in [0.717, 1.165) is 12.3 Å². The number of fused-ring (bicyclic) bond motifs is 1. The minimum Gasteiger partial charge on any atom is -0.490 e. The quantitative estimate of drug-likeness (QED) is 0.638. The third kappa shape index (κ3) is 3.52. The van der Waals surface area contributed by atoms with Crippen molar-refractivity contribution in [2.24, 2.45) is 0 Å². The zero-order chi connectivity index (χ0) is 13.7. The summed E-state index contributed by atoms with van der Waals surface area (Å²) >= 11 is 0. The average Bonchev–Trinajstić information content (AvgIpc) is 2.79. The van der Waals surface area contributed by atoms with E-state index in [1.165, 1.54) is 36.6 Å². The van der Waals surface area contributed by atoms with Gasteiger partial charge in [-0.1, -0.05) is 32.3 Å². The summed E-state index contributed by atoms with van der Waals surface area (Å²) in [5.74, 6) is 1.000. The third-order valence-corrected chi connectivity index (χ3v) is 3.39. The van der Waals surface area contributed by atoms with Crippen molar-refractivity contribution < 1.29 is 4.74 Å². The van der Waals surface area contributed by atoms with Crippen LogP contribution in [0, 0.1) is 0 Å². The molecule has 0 bridgehead atoms. The molecule has 1 aromatic carbocycles. The molecule has 0 spiro atoms. The van der Waals surface area contributed by atoms with E-state index in [-0.39, 0.29) is 6.10 Å². The first-order valence-corrected chi connectivity index (χ1v) is 7.47. The maximum absolute atomic E-state index is 5.87. The van der Waals surface area contributed by atoms with E-state index in [2.05, 4.69) is 55.8 Å². The number of aromatic nitrogens is 1. The van der Waals surface area contributed by atoms with Gasteiger partial charge in [-0.2, -0.15) is 0 Å². The number of nitrogens with zero attached hydrogens (tertiary/aromatic N) is 1. The zero-order valence-corrected chi connectivity index (χ0v) is 12.4. The van der Waals surface area contributed by atoms with Gasteiger partial charge in [-0.15, -0.1) is 0 Å². The highest BCUT2D eigenvalue weighted by Gasteiger charge is 2.07. The molecule has 0 atom stereocenters. The summed E-state index contributed by atoms with van der Waals surface area (Å²) in [6, 6.07) is 8.50. The van der Waals surface area contributed by atoms with Gasteiger partial charge in [0.05, 0.1) is 11.6 Å². The number of rotatable bonds is 7. The van der Waals surface area contributed by atoms with Crippen LogP contribution in [-0.2, 0) is 6.54 Å². The normalized spacial score (nSPS) is 11.4. The monoisotopic (exact) mass is 259 g/mol. The Labute approximate surface area is 116 Å². The van der Waals surface area contributed by atoms with Gasteiger partial charge in [0.2, 0.25) is 0 Å². The molecule has 2 nitrogen and oxygen atoms in total. The van der Waals surface area contributed by atoms with E-state index in [4.69, 9.17) is 4.74 Å². The molecule has 1 heterocycles. The van der Waals surface area contributed by atoms with Gasteiger partial charge < -0.3 is 9.30 Å². The molecule has 0 aliphatic rings. The highest BCUT2D eigenvalue weighted by Crippen LogP contribution is 2.27. The maximum Gasteiger partial charge on any atom is 0.129 e. The predicted molar refractivity (Wildman–Crippen MR) is 81.8 cm³/mol. The molecule has 0 aliphatic carbocycles. The van der Waals surface area contributed by atoms with E-state index in [1.54, 1.807) is 0 Å². The molecular formula is C17H25NO. The number of ether oxygens (including phenoxy) is 1. The predicted octanol–water partition coefficient (Wildman–Crippen LogP) is 5.01. The summed E-state index contributed by atoms with van der Waals surface area (Å²) in [5.41, 5.74) is 1.29. The number of hydrogen-bond donors (Lipinski definition) is 0. The lowest BCUT2D eigenvalue weighted by atomic mass is 10.2. The molecule has 0 aliphatic heterocycles. The molecule has 2 aromatic rings. The van der Waals surface area contributed by atoms with Gasteiger partial charge in [-0.3, -0.25) is 0 Å². The highest BCUT2D eigenvalue weighted by molar-refractivity contribution is 5.86. The average molecular weight is 259 g/mol. The van der Waals surface area contributed by atoms with Gasteiger partial charge in [0.15, 0.2) is 0 Å². The molecule has 19 heavy (non-hydrogen) atoms. The van der Waals surface area contributed by atoms with Crippen LogP contribution in [0.2, 0.25) is 0 Å². The zero-order valence-electron chi connectivity index (χ0n) is 12.4. The van der Waals surface area contributed by atoms with Crippen LogP contribution in [0.25, 0.3) is 10.9 Å². The van der Waals surface area contributed by atoms with Gasteiger partial charge in [0, 0.05) is 18.1 Å². The molecule has 0 unspecified atom stereocenters. The van der Waals surface area contributed by atoms with Crippen molar-refractivity contribution in [3.8, 4) is 5.75 Å². The van der Waals surface area contributed by atoms with Crippen molar-refractivity contribution in [3.63, 3.8) is 0 Å². The molecule has 0 saturated carbocycles. The lowest BCUT2D eigenvalue weighted by Gasteiger charge is -2.11. The number of benzene rings is 1. The highest BCUT2D eigenvalue weighted by atomic mass is 16.5. The van der Waals surface area contributed by atoms with Crippen LogP contribution >= 0.6 is 0 Å². The largest absolute Gasteiger partial charge is 0.490 e. The Morgan fingerprint density at radius 2 is 1.95 bits per heavy atom. The molecular weight excluding hydrogens is 234 g/mol. The second-order valence-corrected chi connectivity index (χ2v) is 5.43. The van der Waals surface area contributed by atoms with E-state index >= 15 is 0 Å². The Hall–Kier alpha value is -1.44. The Balaban J connectivity index is 2.14. The Kier molecular flexibility index (Phi) is 4.89. The fourth-order valence-corrected chi connectivity index (χ4v) is 2.46. The summed E-state index contributed by atoms with van der Waals surface area (Å²) in [4.78, 5) is 0. The lowest BCUT2D eigenvalue weighted by Crippen LogP contribution is -2.05. The fraction of sp³-hybridized carbons (Fsp3) is 0.529. The smallest absolute Gasteiger partial charge is 0.129 e. The van der Waals surface area contributed by atoms with Crippen molar-refractivity contribution in [1.29, 1.82) is 0 Å². The van der Waals surface area contributed by atoms with Gasteiger partial charge in [0.1, 0.15) is 5.75 Å². The van der Waals surface area contributed by atoms with Crippen LogP contribution in [0.4, 0.5) is 0 Å². The summed E-state index contributed by atoms with van der Waals surface area (Å²) in [5, 5.41) is 1.23. The van der Waals surface area contributed by atoms with Crippen molar-refractivity contribution in [3.05, 3.63) is 30.5 Å². The molecule has 2 rings (SSSR count). The fourth-order valence-electron chi connectivity index (χ4n) is 2.46. The van der Waals surface area contributed by atoms with E-state index < -0.39 is 0 Å². The molecule has 104 valence electrons. The lowest BCUT2D eigenvalue weighted by molar-refractivity contribution is 0.245. The molecule has 0 amide bonds. The van der Waals surface area contributed by atoms with Crippen LogP contribution in [-0.4, -0.2) is 10.7 Å². The van der Waals surface area contributed by atoms with E-state index in [9.17, 15) is 0 Å². The van der Waals surface area contributed by atoms with Crippen LogP contribution in [0.3, 0.4) is 0 Å². The second-order valence-electron chi connectivity index (χ2n) is 5.43. The summed E-state index contributed by atoms with van der Waals surface area (Å²) in [7, 11) is 0. The molecule has 1 aromatic heterocycles. The van der Waals surface area contributed by atoms with Gasteiger partial charge in [0.25, 0.3) is 0 Å². The van der Waals surface area contributed by atoms with Crippen molar-refractivity contribution in [2.45, 2.75) is 59.1 Å². The van der Waals surface area contributed by atoms with Crippen LogP contribution < -0.4 is 4.74 Å². The molecule has 2 heteroatoms. The Bertz CT molecular complexity index is 513. The number of aryl methyl sites for hydroxylation is 1. The van der Waals surface area contributed by atoms with Gasteiger partial charge in [-0.25, -0.2) is 0 Å². The van der Waals surface area contributed by atoms with Crippen LogP contribution in [0.15, 0.2) is 30.5 Å². The maximum atomic E-state index is 5.87. The van der Waals surface area contributed by atoms with E-state index in [1.807, 2.05) is 0 Å². The number of unbranched alkanes of at least 4 members (excludes halogenated alkanes) is 3. The van der Waals surface area contributed by atoms with Crippen molar-refractivity contribution in [2.75, 3.05) is 0 Å². The summed E-state index contributed by atoms with van der Waals surface area (Å²) in [6.07, 6.45) is 7.60. The topological polar surface area (TPSA) is 14.2 Å². The van der Waals surface area contributed by atoms with Crippen LogP contribution in [0.1, 0.15) is 46.5 Å².